The first kappa shape index (κ1) is 16.5. The molecule has 0 aromatic heterocycles. The molecule has 0 spiro atoms. The zero-order valence-electron chi connectivity index (χ0n) is 14.8. The second-order valence-electron chi connectivity index (χ2n) is 7.61. The van der Waals surface area contributed by atoms with E-state index in [1.807, 2.05) is 63.2 Å². The Hall–Kier alpha value is -1.94. The molecule has 2 aliphatic carbocycles. The van der Waals surface area contributed by atoms with Crippen LogP contribution in [0.5, 0.6) is 0 Å². The van der Waals surface area contributed by atoms with Crippen molar-refractivity contribution < 1.29 is 13.2 Å². The smallest absolute Gasteiger partial charge is 0.192 e. The van der Waals surface area contributed by atoms with Crippen LogP contribution < -0.4 is 0 Å². The maximum atomic E-state index is 13.7. The van der Waals surface area contributed by atoms with Crippen molar-refractivity contribution in [2.75, 3.05) is 0 Å². The zero-order chi connectivity index (χ0) is 18.0. The normalized spacial score (nSPS) is 28.0. The Balaban J connectivity index is 1.93. The fourth-order valence-electron chi connectivity index (χ4n) is 5.07. The lowest BCUT2D eigenvalue weighted by atomic mass is 9.93. The van der Waals surface area contributed by atoms with Gasteiger partial charge in [0.1, 0.15) is 4.75 Å². The first-order chi connectivity index (χ1) is 11.8. The Morgan fingerprint density at radius 2 is 1.56 bits per heavy atom. The van der Waals surface area contributed by atoms with E-state index in [0.29, 0.717) is 24.2 Å². The average Bonchev–Trinajstić information content (AvgIpc) is 3.17. The lowest BCUT2D eigenvalue weighted by Crippen LogP contribution is -2.36. The van der Waals surface area contributed by atoms with Crippen LogP contribution in [0, 0.1) is 20.8 Å². The van der Waals surface area contributed by atoms with Crippen LogP contribution in [0.2, 0.25) is 0 Å². The van der Waals surface area contributed by atoms with Gasteiger partial charge in [-0.2, -0.15) is 0 Å². The molecule has 0 heterocycles. The third kappa shape index (κ3) is 1.92. The van der Waals surface area contributed by atoms with Gasteiger partial charge in [0.15, 0.2) is 15.6 Å². The summed E-state index contributed by atoms with van der Waals surface area (Å²) >= 11 is 0. The molecule has 4 rings (SSSR count). The molecule has 4 heteroatoms. The molecular formula is C21H22O3S. The van der Waals surface area contributed by atoms with Crippen LogP contribution in [-0.4, -0.2) is 18.9 Å². The molecule has 2 atom stereocenters. The summed E-state index contributed by atoms with van der Waals surface area (Å²) in [4.78, 5) is 13.2. The number of benzene rings is 2. The summed E-state index contributed by atoms with van der Waals surface area (Å²) < 4.78 is 26.2. The number of hydrogen-bond donors (Lipinski definition) is 0. The number of fused-ring (bicyclic) bond motifs is 1. The van der Waals surface area contributed by atoms with E-state index in [0.717, 1.165) is 22.3 Å². The maximum Gasteiger partial charge on any atom is 0.192 e. The summed E-state index contributed by atoms with van der Waals surface area (Å²) in [5.41, 5.74) is 2.94. The van der Waals surface area contributed by atoms with Crippen molar-refractivity contribution in [1.82, 2.24) is 0 Å². The SMILES string of the molecule is Cc1cc(C)c(S(=O)(=O)[C@]23C[C@@]2(c2ccccc2)CCC3=O)c(C)c1. The molecule has 0 radical (unpaired) electrons. The molecule has 2 fully saturated rings. The van der Waals surface area contributed by atoms with E-state index in [-0.39, 0.29) is 5.78 Å². The first-order valence-corrected chi connectivity index (χ1v) is 10.2. The molecule has 2 aromatic rings. The van der Waals surface area contributed by atoms with Gasteiger partial charge in [-0.25, -0.2) is 8.42 Å². The molecule has 0 N–H and O–H groups in total. The highest BCUT2D eigenvalue weighted by molar-refractivity contribution is 7.94. The van der Waals surface area contributed by atoms with Gasteiger partial charge in [-0.3, -0.25) is 4.79 Å². The predicted molar refractivity (Wildman–Crippen MR) is 97.5 cm³/mol. The van der Waals surface area contributed by atoms with E-state index in [1.165, 1.54) is 0 Å². The van der Waals surface area contributed by atoms with Crippen molar-refractivity contribution in [2.45, 2.75) is 55.1 Å². The number of ketones is 1. The van der Waals surface area contributed by atoms with Gasteiger partial charge in [-0.15, -0.1) is 0 Å². The number of carbonyl (C=O) groups is 1. The van der Waals surface area contributed by atoms with Crippen molar-refractivity contribution in [3.8, 4) is 0 Å². The monoisotopic (exact) mass is 354 g/mol. The van der Waals surface area contributed by atoms with Crippen molar-refractivity contribution in [3.05, 3.63) is 64.7 Å². The Kier molecular flexibility index (Phi) is 3.33. The number of Topliss-reactive ketones (excluding diaryl/α,β-unsaturated/α-hetero) is 1. The van der Waals surface area contributed by atoms with E-state index in [9.17, 15) is 13.2 Å². The summed E-state index contributed by atoms with van der Waals surface area (Å²) in [6.45, 7) is 5.62. The number of hydrogen-bond acceptors (Lipinski definition) is 3. The standard InChI is InChI=1S/C21H22O3S/c1-14-11-15(2)19(16(3)12-14)25(23,24)21-13-20(21,10-9-18(21)22)17-7-5-4-6-8-17/h4-8,11-12H,9-10,13H2,1-3H3/t20-,21+/m1/s1. The highest BCUT2D eigenvalue weighted by Crippen LogP contribution is 2.70. The number of sulfone groups is 1. The number of rotatable bonds is 3. The van der Waals surface area contributed by atoms with Gasteiger partial charge in [-0.05, 0) is 50.3 Å². The Bertz CT molecular complexity index is 968. The molecular weight excluding hydrogens is 332 g/mol. The van der Waals surface area contributed by atoms with Gasteiger partial charge < -0.3 is 0 Å². The largest absolute Gasteiger partial charge is 0.298 e. The van der Waals surface area contributed by atoms with Crippen LogP contribution in [0.15, 0.2) is 47.4 Å². The maximum absolute atomic E-state index is 13.7. The topological polar surface area (TPSA) is 51.2 Å². The van der Waals surface area contributed by atoms with Crippen molar-refractivity contribution >= 4 is 15.6 Å². The minimum absolute atomic E-state index is 0.115. The third-order valence-electron chi connectivity index (χ3n) is 6.09. The van der Waals surface area contributed by atoms with Gasteiger partial charge in [0.05, 0.1) is 4.90 Å². The van der Waals surface area contributed by atoms with Gasteiger partial charge in [0, 0.05) is 11.8 Å². The van der Waals surface area contributed by atoms with Gasteiger partial charge in [0.2, 0.25) is 0 Å². The van der Waals surface area contributed by atoms with Crippen LogP contribution in [0.1, 0.15) is 41.5 Å². The quantitative estimate of drug-likeness (QED) is 0.842. The summed E-state index contributed by atoms with van der Waals surface area (Å²) in [6.07, 6.45) is 1.38. The third-order valence-corrected chi connectivity index (χ3v) is 8.95. The van der Waals surface area contributed by atoms with Gasteiger partial charge in [0.25, 0.3) is 0 Å². The van der Waals surface area contributed by atoms with E-state index >= 15 is 0 Å². The van der Waals surface area contributed by atoms with E-state index in [4.69, 9.17) is 0 Å². The van der Waals surface area contributed by atoms with Crippen LogP contribution in [0.25, 0.3) is 0 Å². The lowest BCUT2D eigenvalue weighted by molar-refractivity contribution is -0.118. The summed E-state index contributed by atoms with van der Waals surface area (Å²) in [5.74, 6) is -0.115. The fraction of sp³-hybridized carbons (Fsp3) is 0.381. The Morgan fingerprint density at radius 1 is 0.960 bits per heavy atom. The minimum Gasteiger partial charge on any atom is -0.298 e. The molecule has 0 bridgehead atoms. The van der Waals surface area contributed by atoms with Crippen LogP contribution in [0.3, 0.4) is 0 Å². The van der Waals surface area contributed by atoms with E-state index in [1.54, 1.807) is 0 Å². The average molecular weight is 354 g/mol. The van der Waals surface area contributed by atoms with E-state index in [2.05, 4.69) is 0 Å². The second kappa shape index (κ2) is 5.04. The molecule has 2 saturated carbocycles. The molecule has 0 saturated heterocycles. The Morgan fingerprint density at radius 3 is 2.16 bits per heavy atom. The summed E-state index contributed by atoms with van der Waals surface area (Å²) in [5, 5.41) is 0. The molecule has 3 nitrogen and oxygen atoms in total. The van der Waals surface area contributed by atoms with Gasteiger partial charge >= 0.3 is 0 Å². The molecule has 0 aliphatic heterocycles. The second-order valence-corrected chi connectivity index (χ2v) is 9.72. The highest BCUT2D eigenvalue weighted by Gasteiger charge is 2.81. The molecule has 2 aliphatic rings. The summed E-state index contributed by atoms with van der Waals surface area (Å²) in [6, 6.07) is 13.5. The van der Waals surface area contributed by atoms with E-state index < -0.39 is 20.0 Å². The molecule has 2 aromatic carbocycles. The minimum atomic E-state index is -3.75. The molecule has 0 unspecified atom stereocenters. The highest BCUT2D eigenvalue weighted by atomic mass is 32.2. The fourth-order valence-corrected chi connectivity index (χ4v) is 7.96. The number of carbonyl (C=O) groups excluding carboxylic acids is 1. The Labute approximate surface area is 149 Å². The zero-order valence-corrected chi connectivity index (χ0v) is 15.6. The first-order valence-electron chi connectivity index (χ1n) is 8.68. The van der Waals surface area contributed by atoms with Crippen LogP contribution in [0.4, 0.5) is 0 Å². The lowest BCUT2D eigenvalue weighted by Gasteiger charge is -2.21. The van der Waals surface area contributed by atoms with Gasteiger partial charge in [-0.1, -0.05) is 48.0 Å². The van der Waals surface area contributed by atoms with Crippen molar-refractivity contribution in [2.24, 2.45) is 0 Å². The van der Waals surface area contributed by atoms with Crippen LogP contribution >= 0.6 is 0 Å². The van der Waals surface area contributed by atoms with Crippen LogP contribution in [-0.2, 0) is 20.0 Å². The molecule has 0 amide bonds. The van der Waals surface area contributed by atoms with Crippen molar-refractivity contribution in [1.29, 1.82) is 0 Å². The summed E-state index contributed by atoms with van der Waals surface area (Å²) in [7, 11) is -3.75. The molecule has 25 heavy (non-hydrogen) atoms. The predicted octanol–water partition coefficient (Wildman–Crippen LogP) is 3.83. The van der Waals surface area contributed by atoms with Crippen molar-refractivity contribution in [3.63, 3.8) is 0 Å². The number of aryl methyl sites for hydroxylation is 3. The molecule has 130 valence electrons.